The minimum absolute atomic E-state index is 0.108. The van der Waals surface area contributed by atoms with Crippen molar-refractivity contribution in [2.24, 2.45) is 5.73 Å². The van der Waals surface area contributed by atoms with Gasteiger partial charge in [-0.15, -0.1) is 0 Å². The Morgan fingerprint density at radius 1 is 1.67 bits per heavy atom. The number of carbonyl (C=O) groups is 1. The number of nitrogens with zero attached hydrogens (tertiary/aromatic N) is 1. The van der Waals surface area contributed by atoms with Crippen molar-refractivity contribution < 1.29 is 9.53 Å². The van der Waals surface area contributed by atoms with E-state index >= 15 is 0 Å². The van der Waals surface area contributed by atoms with Crippen LogP contribution in [-0.4, -0.2) is 42.6 Å². The molecular weight excluding hydrogens is 192 g/mol. The van der Waals surface area contributed by atoms with Gasteiger partial charge in [0.05, 0.1) is 12.7 Å². The van der Waals surface area contributed by atoms with Gasteiger partial charge in [0.2, 0.25) is 5.91 Å². The standard InChI is InChI=1S/C11H22N2O2/c1-3-10-8-13(6-7-15-10)11(14)5-4-9(2)12/h9-10H,3-8,12H2,1-2H3. The van der Waals surface area contributed by atoms with Gasteiger partial charge in [0.25, 0.3) is 0 Å². The first-order valence-electron chi connectivity index (χ1n) is 5.78. The summed E-state index contributed by atoms with van der Waals surface area (Å²) < 4.78 is 5.51. The quantitative estimate of drug-likeness (QED) is 0.751. The highest BCUT2D eigenvalue weighted by molar-refractivity contribution is 5.76. The average molecular weight is 214 g/mol. The monoisotopic (exact) mass is 214 g/mol. The van der Waals surface area contributed by atoms with E-state index in [2.05, 4.69) is 6.92 Å². The second kappa shape index (κ2) is 6.08. The SMILES string of the molecule is CCC1CN(C(=O)CCC(C)N)CCO1. The minimum atomic E-state index is 0.108. The van der Waals surface area contributed by atoms with E-state index in [1.54, 1.807) is 0 Å². The van der Waals surface area contributed by atoms with Crippen LogP contribution in [0.4, 0.5) is 0 Å². The molecule has 2 unspecified atom stereocenters. The second-order valence-corrected chi connectivity index (χ2v) is 4.26. The summed E-state index contributed by atoms with van der Waals surface area (Å²) in [6.45, 7) is 6.16. The fraction of sp³-hybridized carbons (Fsp3) is 0.909. The lowest BCUT2D eigenvalue weighted by Gasteiger charge is -2.32. The predicted molar refractivity (Wildman–Crippen MR) is 59.5 cm³/mol. The Kier molecular flexibility index (Phi) is 5.05. The summed E-state index contributed by atoms with van der Waals surface area (Å²) in [6.07, 6.45) is 2.52. The maximum absolute atomic E-state index is 11.8. The van der Waals surface area contributed by atoms with Crippen LogP contribution in [0.2, 0.25) is 0 Å². The summed E-state index contributed by atoms with van der Waals surface area (Å²) in [5.74, 6) is 0.217. The average Bonchev–Trinajstić information content (AvgIpc) is 2.26. The van der Waals surface area contributed by atoms with Crippen molar-refractivity contribution in [2.45, 2.75) is 45.3 Å². The van der Waals surface area contributed by atoms with Crippen LogP contribution in [0, 0.1) is 0 Å². The molecule has 1 heterocycles. The number of carbonyl (C=O) groups excluding carboxylic acids is 1. The zero-order valence-corrected chi connectivity index (χ0v) is 9.74. The van der Waals surface area contributed by atoms with Crippen LogP contribution < -0.4 is 5.73 Å². The van der Waals surface area contributed by atoms with Crippen LogP contribution in [-0.2, 0) is 9.53 Å². The van der Waals surface area contributed by atoms with Gasteiger partial charge in [0.1, 0.15) is 0 Å². The van der Waals surface area contributed by atoms with Crippen molar-refractivity contribution in [1.29, 1.82) is 0 Å². The smallest absolute Gasteiger partial charge is 0.222 e. The molecular formula is C11H22N2O2. The second-order valence-electron chi connectivity index (χ2n) is 4.26. The lowest BCUT2D eigenvalue weighted by atomic mass is 10.1. The Hall–Kier alpha value is -0.610. The van der Waals surface area contributed by atoms with Gasteiger partial charge in [-0.25, -0.2) is 0 Å². The molecule has 0 bridgehead atoms. The molecule has 0 radical (unpaired) electrons. The van der Waals surface area contributed by atoms with Gasteiger partial charge >= 0.3 is 0 Å². The molecule has 2 atom stereocenters. The molecule has 0 aromatic heterocycles. The molecule has 1 rings (SSSR count). The number of ether oxygens (including phenoxy) is 1. The molecule has 88 valence electrons. The van der Waals surface area contributed by atoms with Crippen molar-refractivity contribution in [1.82, 2.24) is 4.90 Å². The van der Waals surface area contributed by atoms with E-state index in [4.69, 9.17) is 10.5 Å². The van der Waals surface area contributed by atoms with E-state index in [1.807, 2.05) is 11.8 Å². The van der Waals surface area contributed by atoms with Crippen molar-refractivity contribution in [2.75, 3.05) is 19.7 Å². The minimum Gasteiger partial charge on any atom is -0.375 e. The Bertz CT molecular complexity index is 207. The number of rotatable bonds is 4. The zero-order valence-electron chi connectivity index (χ0n) is 9.74. The summed E-state index contributed by atoms with van der Waals surface area (Å²) in [5.41, 5.74) is 5.63. The van der Waals surface area contributed by atoms with Gasteiger partial charge < -0.3 is 15.4 Å². The van der Waals surface area contributed by atoms with E-state index in [1.165, 1.54) is 0 Å². The van der Waals surface area contributed by atoms with E-state index in [-0.39, 0.29) is 18.1 Å². The fourth-order valence-electron chi connectivity index (χ4n) is 1.70. The van der Waals surface area contributed by atoms with Gasteiger partial charge in [0.15, 0.2) is 0 Å². The van der Waals surface area contributed by atoms with Crippen LogP contribution in [0.5, 0.6) is 0 Å². The molecule has 4 heteroatoms. The molecule has 1 aliphatic heterocycles. The summed E-state index contributed by atoms with van der Waals surface area (Å²) in [7, 11) is 0. The summed E-state index contributed by atoms with van der Waals surface area (Å²) in [5, 5.41) is 0. The van der Waals surface area contributed by atoms with Crippen molar-refractivity contribution in [3.63, 3.8) is 0 Å². The summed E-state index contributed by atoms with van der Waals surface area (Å²) in [4.78, 5) is 13.7. The molecule has 0 aliphatic carbocycles. The highest BCUT2D eigenvalue weighted by Crippen LogP contribution is 2.10. The first-order valence-corrected chi connectivity index (χ1v) is 5.78. The van der Waals surface area contributed by atoms with Gasteiger partial charge in [0, 0.05) is 25.6 Å². The van der Waals surface area contributed by atoms with E-state index in [9.17, 15) is 4.79 Å². The highest BCUT2D eigenvalue weighted by atomic mass is 16.5. The summed E-state index contributed by atoms with van der Waals surface area (Å²) >= 11 is 0. The van der Waals surface area contributed by atoms with Crippen molar-refractivity contribution in [3.8, 4) is 0 Å². The third-order valence-electron chi connectivity index (χ3n) is 2.76. The maximum atomic E-state index is 11.8. The number of nitrogens with two attached hydrogens (primary N) is 1. The molecule has 4 nitrogen and oxygen atoms in total. The van der Waals surface area contributed by atoms with Crippen LogP contribution >= 0.6 is 0 Å². The van der Waals surface area contributed by atoms with Crippen LogP contribution in [0.3, 0.4) is 0 Å². The van der Waals surface area contributed by atoms with E-state index in [0.29, 0.717) is 13.0 Å². The molecule has 1 aliphatic rings. The van der Waals surface area contributed by atoms with Crippen LogP contribution in [0.25, 0.3) is 0 Å². The molecule has 2 N–H and O–H groups in total. The molecule has 1 amide bonds. The first-order chi connectivity index (χ1) is 7.13. The zero-order chi connectivity index (χ0) is 11.3. The lowest BCUT2D eigenvalue weighted by molar-refractivity contribution is -0.139. The number of hydrogen-bond donors (Lipinski definition) is 1. The largest absolute Gasteiger partial charge is 0.375 e. The molecule has 0 spiro atoms. The van der Waals surface area contributed by atoms with Crippen molar-refractivity contribution >= 4 is 5.91 Å². The van der Waals surface area contributed by atoms with Gasteiger partial charge in [-0.1, -0.05) is 6.92 Å². The number of amides is 1. The van der Waals surface area contributed by atoms with E-state index < -0.39 is 0 Å². The van der Waals surface area contributed by atoms with Gasteiger partial charge in [-0.2, -0.15) is 0 Å². The van der Waals surface area contributed by atoms with Gasteiger partial charge in [-0.05, 0) is 19.8 Å². The fourth-order valence-corrected chi connectivity index (χ4v) is 1.70. The Morgan fingerprint density at radius 2 is 2.40 bits per heavy atom. The van der Waals surface area contributed by atoms with Crippen molar-refractivity contribution in [3.05, 3.63) is 0 Å². The lowest BCUT2D eigenvalue weighted by Crippen LogP contribution is -2.45. The Balaban J connectivity index is 2.32. The normalized spacial score (nSPS) is 23.9. The van der Waals surface area contributed by atoms with Gasteiger partial charge in [-0.3, -0.25) is 4.79 Å². The molecule has 0 saturated carbocycles. The third-order valence-corrected chi connectivity index (χ3v) is 2.76. The Morgan fingerprint density at radius 3 is 3.00 bits per heavy atom. The summed E-state index contributed by atoms with van der Waals surface area (Å²) in [6, 6.07) is 0.108. The topological polar surface area (TPSA) is 55.6 Å². The van der Waals surface area contributed by atoms with Crippen LogP contribution in [0.15, 0.2) is 0 Å². The maximum Gasteiger partial charge on any atom is 0.222 e. The number of hydrogen-bond acceptors (Lipinski definition) is 3. The van der Waals surface area contributed by atoms with E-state index in [0.717, 1.165) is 25.9 Å². The number of morpholine rings is 1. The highest BCUT2D eigenvalue weighted by Gasteiger charge is 2.22. The predicted octanol–water partition coefficient (Wildman–Crippen LogP) is 0.751. The third kappa shape index (κ3) is 4.18. The molecule has 15 heavy (non-hydrogen) atoms. The molecule has 0 aromatic carbocycles. The molecule has 0 aromatic rings. The van der Waals surface area contributed by atoms with Crippen LogP contribution in [0.1, 0.15) is 33.1 Å². The molecule has 1 saturated heterocycles. The molecule has 1 fully saturated rings. The first kappa shape index (κ1) is 12.5. The Labute approximate surface area is 91.8 Å².